The highest BCUT2D eigenvalue weighted by Gasteiger charge is 2.27. The fourth-order valence-electron chi connectivity index (χ4n) is 4.10. The maximum atomic E-state index is 8.71. The first kappa shape index (κ1) is 21.4. The molecule has 0 aromatic carbocycles. The zero-order valence-electron chi connectivity index (χ0n) is 16.9. The second kappa shape index (κ2) is 11.1. The van der Waals surface area contributed by atoms with Gasteiger partial charge < -0.3 is 5.11 Å². The molecular weight excluding hydrogens is 294 g/mol. The summed E-state index contributed by atoms with van der Waals surface area (Å²) in [5.41, 5.74) is 3.87. The van der Waals surface area contributed by atoms with Gasteiger partial charge in [0.25, 0.3) is 0 Å². The summed E-state index contributed by atoms with van der Waals surface area (Å²) in [6.45, 7) is 12.7. The number of hydrogen-bond donors (Lipinski definition) is 1. The average Bonchev–Trinajstić information content (AvgIpc) is 2.50. The van der Waals surface area contributed by atoms with Crippen LogP contribution in [0, 0.1) is 17.3 Å². The molecule has 2 atom stereocenters. The molecule has 0 aromatic heterocycles. The van der Waals surface area contributed by atoms with E-state index in [9.17, 15) is 0 Å². The van der Waals surface area contributed by atoms with Crippen LogP contribution in [0.4, 0.5) is 0 Å². The van der Waals surface area contributed by atoms with Crippen LogP contribution in [0.2, 0.25) is 0 Å². The van der Waals surface area contributed by atoms with Crippen LogP contribution >= 0.6 is 0 Å². The van der Waals surface area contributed by atoms with Crippen molar-refractivity contribution < 1.29 is 5.11 Å². The third-order valence-electron chi connectivity index (χ3n) is 5.83. The van der Waals surface area contributed by atoms with E-state index in [0.717, 1.165) is 12.3 Å². The molecule has 140 valence electrons. The first-order chi connectivity index (χ1) is 11.4. The second-order valence-electron chi connectivity index (χ2n) is 8.72. The molecule has 1 aliphatic rings. The third-order valence-corrected chi connectivity index (χ3v) is 5.83. The van der Waals surface area contributed by atoms with Gasteiger partial charge in [0.1, 0.15) is 0 Å². The standard InChI is InChI=1S/C22H41NO/c1-18(8-6-9-19(2)13-15-23-16-17-24)11-12-21-20(3)10-7-14-22(21,4)5/h15,18-19,24H,6-14,16-17H2,1-5H3/b23-15+. The summed E-state index contributed by atoms with van der Waals surface area (Å²) < 4.78 is 0. The zero-order valence-corrected chi connectivity index (χ0v) is 16.9. The van der Waals surface area contributed by atoms with Crippen LogP contribution in [0.3, 0.4) is 0 Å². The Hall–Kier alpha value is -0.630. The van der Waals surface area contributed by atoms with Crippen molar-refractivity contribution in [2.24, 2.45) is 22.2 Å². The van der Waals surface area contributed by atoms with E-state index in [-0.39, 0.29) is 6.61 Å². The Morgan fingerprint density at radius 3 is 2.54 bits per heavy atom. The van der Waals surface area contributed by atoms with Crippen molar-refractivity contribution in [3.63, 3.8) is 0 Å². The first-order valence-electron chi connectivity index (χ1n) is 10.1. The van der Waals surface area contributed by atoms with E-state index < -0.39 is 0 Å². The van der Waals surface area contributed by atoms with E-state index in [2.05, 4.69) is 39.6 Å². The van der Waals surface area contributed by atoms with Crippen molar-refractivity contribution in [2.75, 3.05) is 13.2 Å². The molecule has 0 saturated carbocycles. The lowest BCUT2D eigenvalue weighted by Crippen LogP contribution is -2.20. The van der Waals surface area contributed by atoms with Gasteiger partial charge in [-0.05, 0) is 68.9 Å². The topological polar surface area (TPSA) is 32.6 Å². The van der Waals surface area contributed by atoms with Crippen molar-refractivity contribution in [3.05, 3.63) is 11.1 Å². The zero-order chi connectivity index (χ0) is 18.0. The van der Waals surface area contributed by atoms with Crippen LogP contribution < -0.4 is 0 Å². The van der Waals surface area contributed by atoms with Crippen molar-refractivity contribution in [3.8, 4) is 0 Å². The predicted octanol–water partition coefficient (Wildman–Crippen LogP) is 6.19. The molecule has 2 heteroatoms. The van der Waals surface area contributed by atoms with Crippen molar-refractivity contribution in [1.82, 2.24) is 0 Å². The second-order valence-corrected chi connectivity index (χ2v) is 8.72. The van der Waals surface area contributed by atoms with Gasteiger partial charge in [-0.3, -0.25) is 4.99 Å². The average molecular weight is 336 g/mol. The maximum absolute atomic E-state index is 8.71. The van der Waals surface area contributed by atoms with Gasteiger partial charge in [0, 0.05) is 0 Å². The number of aliphatic hydroxyl groups is 1. The normalized spacial score (nSPS) is 20.6. The van der Waals surface area contributed by atoms with Gasteiger partial charge in [0.2, 0.25) is 0 Å². The maximum Gasteiger partial charge on any atom is 0.0626 e. The summed E-state index contributed by atoms with van der Waals surface area (Å²) in [6, 6.07) is 0. The van der Waals surface area contributed by atoms with E-state index in [0.29, 0.717) is 17.9 Å². The van der Waals surface area contributed by atoms with Gasteiger partial charge in [-0.1, -0.05) is 58.1 Å². The molecule has 0 bridgehead atoms. The molecule has 2 unspecified atom stereocenters. The highest BCUT2D eigenvalue weighted by atomic mass is 16.3. The van der Waals surface area contributed by atoms with Crippen LogP contribution in [-0.2, 0) is 0 Å². The Kier molecular flexibility index (Phi) is 9.88. The van der Waals surface area contributed by atoms with Gasteiger partial charge in [-0.25, -0.2) is 0 Å². The van der Waals surface area contributed by atoms with Crippen molar-refractivity contribution in [2.45, 2.75) is 92.4 Å². The fraction of sp³-hybridized carbons (Fsp3) is 0.864. The molecule has 0 spiro atoms. The van der Waals surface area contributed by atoms with Gasteiger partial charge in [0.15, 0.2) is 0 Å². The number of rotatable bonds is 11. The SMILES string of the molecule is CC1=C(CCC(C)CCCC(C)C/C=N/CCO)C(C)(C)CCC1. The lowest BCUT2D eigenvalue weighted by Gasteiger charge is -2.35. The smallest absolute Gasteiger partial charge is 0.0626 e. The Bertz CT molecular complexity index is 408. The quantitative estimate of drug-likeness (QED) is 0.354. The van der Waals surface area contributed by atoms with Crippen LogP contribution in [0.1, 0.15) is 92.4 Å². The van der Waals surface area contributed by atoms with E-state index in [1.54, 1.807) is 11.1 Å². The first-order valence-corrected chi connectivity index (χ1v) is 10.1. The van der Waals surface area contributed by atoms with Crippen LogP contribution in [0.25, 0.3) is 0 Å². The fourth-order valence-corrected chi connectivity index (χ4v) is 4.10. The van der Waals surface area contributed by atoms with Gasteiger partial charge >= 0.3 is 0 Å². The van der Waals surface area contributed by atoms with Gasteiger partial charge in [0.05, 0.1) is 13.2 Å². The molecule has 1 N–H and O–H groups in total. The molecular formula is C22H41NO. The Labute approximate surface area is 150 Å². The van der Waals surface area contributed by atoms with Crippen molar-refractivity contribution >= 4 is 6.21 Å². The summed E-state index contributed by atoms with van der Waals surface area (Å²) in [7, 11) is 0. The predicted molar refractivity (Wildman–Crippen MR) is 107 cm³/mol. The highest BCUT2D eigenvalue weighted by molar-refractivity contribution is 5.57. The van der Waals surface area contributed by atoms with Gasteiger partial charge in [-0.15, -0.1) is 0 Å². The summed E-state index contributed by atoms with van der Waals surface area (Å²) >= 11 is 0. The van der Waals surface area contributed by atoms with E-state index in [1.165, 1.54) is 51.4 Å². The largest absolute Gasteiger partial charge is 0.394 e. The lowest BCUT2D eigenvalue weighted by atomic mass is 9.70. The van der Waals surface area contributed by atoms with Crippen molar-refractivity contribution in [1.29, 1.82) is 0 Å². The Morgan fingerprint density at radius 1 is 1.17 bits per heavy atom. The molecule has 0 amide bonds. The summed E-state index contributed by atoms with van der Waals surface area (Å²) in [6.07, 6.45) is 13.7. The Balaban J connectivity index is 2.23. The summed E-state index contributed by atoms with van der Waals surface area (Å²) in [5, 5.41) is 8.71. The minimum Gasteiger partial charge on any atom is -0.394 e. The minimum absolute atomic E-state index is 0.162. The third kappa shape index (κ3) is 7.96. The monoisotopic (exact) mass is 335 g/mol. The molecule has 0 heterocycles. The number of nitrogens with zero attached hydrogens (tertiary/aromatic N) is 1. The molecule has 0 radical (unpaired) electrons. The molecule has 1 aliphatic carbocycles. The van der Waals surface area contributed by atoms with Gasteiger partial charge in [-0.2, -0.15) is 0 Å². The number of allylic oxidation sites excluding steroid dienone is 2. The molecule has 2 nitrogen and oxygen atoms in total. The number of aliphatic hydroxyl groups excluding tert-OH is 1. The van der Waals surface area contributed by atoms with Crippen LogP contribution in [0.15, 0.2) is 16.1 Å². The minimum atomic E-state index is 0.162. The number of hydrogen-bond acceptors (Lipinski definition) is 2. The van der Waals surface area contributed by atoms with E-state index in [4.69, 9.17) is 5.11 Å². The summed E-state index contributed by atoms with van der Waals surface area (Å²) in [5.74, 6) is 1.54. The molecule has 0 aliphatic heterocycles. The van der Waals surface area contributed by atoms with Crippen LogP contribution in [0.5, 0.6) is 0 Å². The number of aliphatic imine (C=N–C) groups is 1. The molecule has 0 saturated heterocycles. The molecule has 0 aromatic rings. The molecule has 24 heavy (non-hydrogen) atoms. The Morgan fingerprint density at radius 2 is 1.88 bits per heavy atom. The molecule has 0 fully saturated rings. The van der Waals surface area contributed by atoms with Crippen LogP contribution in [-0.4, -0.2) is 24.5 Å². The van der Waals surface area contributed by atoms with E-state index in [1.807, 2.05) is 6.21 Å². The summed E-state index contributed by atoms with van der Waals surface area (Å²) in [4.78, 5) is 4.19. The molecule has 1 rings (SSSR count). The highest BCUT2D eigenvalue weighted by Crippen LogP contribution is 2.42. The van der Waals surface area contributed by atoms with E-state index >= 15 is 0 Å². The lowest BCUT2D eigenvalue weighted by molar-refractivity contribution is 0.307.